The number of unbranched alkanes of at least 4 members (excludes halogenated alkanes) is 18. The first-order valence-electron chi connectivity index (χ1n) is 14.5. The third-order valence-electron chi connectivity index (χ3n) is 6.92. The first-order valence-corrected chi connectivity index (χ1v) is 14.9. The summed E-state index contributed by atoms with van der Waals surface area (Å²) in [4.78, 5) is 11.8. The highest BCUT2D eigenvalue weighted by Crippen LogP contribution is 2.19. The normalized spacial score (nSPS) is 11.2. The van der Waals surface area contributed by atoms with Crippen LogP contribution in [0.1, 0.15) is 164 Å². The van der Waals surface area contributed by atoms with E-state index in [0.29, 0.717) is 5.56 Å². The molecule has 33 heavy (non-hydrogen) atoms. The van der Waals surface area contributed by atoms with E-state index in [4.69, 9.17) is 11.6 Å². The highest BCUT2D eigenvalue weighted by atomic mass is 35.5. The smallest absolute Gasteiger partial charge is 0.252 e. The van der Waals surface area contributed by atoms with E-state index < -0.39 is 0 Å². The summed E-state index contributed by atoms with van der Waals surface area (Å²) in [6, 6.07) is 6.36. The number of rotatable bonds is 23. The maximum atomic E-state index is 11.8. The van der Waals surface area contributed by atoms with Crippen LogP contribution in [0.3, 0.4) is 0 Å². The molecule has 0 heterocycles. The Morgan fingerprint density at radius 1 is 0.515 bits per heavy atom. The van der Waals surface area contributed by atoms with Crippen molar-refractivity contribution in [3.63, 3.8) is 0 Å². The Labute approximate surface area is 211 Å². The van der Waals surface area contributed by atoms with Crippen molar-refractivity contribution >= 4 is 16.8 Å². The van der Waals surface area contributed by atoms with E-state index in [1.807, 2.05) is 12.1 Å². The van der Waals surface area contributed by atoms with E-state index >= 15 is 0 Å². The molecule has 0 fully saturated rings. The molecule has 1 aromatic carbocycles. The van der Waals surface area contributed by atoms with Gasteiger partial charge in [0.1, 0.15) is 0 Å². The molecule has 0 atom stereocenters. The van der Waals surface area contributed by atoms with E-state index in [-0.39, 0.29) is 5.24 Å². The van der Waals surface area contributed by atoms with Crippen molar-refractivity contribution in [2.24, 2.45) is 0 Å². The average Bonchev–Trinajstić information content (AvgIpc) is 2.81. The number of halogens is 1. The molecule has 1 rings (SSSR count). The molecule has 0 amide bonds. The van der Waals surface area contributed by atoms with Crippen LogP contribution < -0.4 is 0 Å². The zero-order chi connectivity index (χ0) is 24.0. The van der Waals surface area contributed by atoms with E-state index in [1.165, 1.54) is 140 Å². The van der Waals surface area contributed by atoms with Gasteiger partial charge in [0.2, 0.25) is 0 Å². The van der Waals surface area contributed by atoms with Gasteiger partial charge in [-0.25, -0.2) is 0 Å². The predicted molar refractivity (Wildman–Crippen MR) is 148 cm³/mol. The minimum absolute atomic E-state index is 0.316. The molecule has 0 aliphatic carbocycles. The standard InChI is InChI=1S/C31H53ClO/c1-3-5-7-9-11-13-15-17-19-21-23-28-25-29(27-30(26-28)31(32)33)24-22-20-18-16-14-12-10-8-6-4-2/h25-27H,3-24H2,1-2H3. The van der Waals surface area contributed by atoms with Crippen LogP contribution >= 0.6 is 11.6 Å². The molecule has 0 aliphatic heterocycles. The lowest BCUT2D eigenvalue weighted by Gasteiger charge is -2.09. The van der Waals surface area contributed by atoms with Crippen LogP contribution in [-0.2, 0) is 12.8 Å². The van der Waals surface area contributed by atoms with Gasteiger partial charge in [0.25, 0.3) is 5.24 Å². The summed E-state index contributed by atoms with van der Waals surface area (Å²) in [5.41, 5.74) is 3.27. The molecular weight excluding hydrogens is 424 g/mol. The second-order valence-electron chi connectivity index (χ2n) is 10.2. The van der Waals surface area contributed by atoms with Gasteiger partial charge in [-0.3, -0.25) is 4.79 Å². The molecule has 190 valence electrons. The Kier molecular flexibility index (Phi) is 19.9. The number of carbonyl (C=O) groups excluding carboxylic acids is 1. The first-order chi connectivity index (χ1) is 16.2. The predicted octanol–water partition coefficient (Wildman–Crippen LogP) is 11.0. The maximum Gasteiger partial charge on any atom is 0.252 e. The van der Waals surface area contributed by atoms with Crippen molar-refractivity contribution in [1.82, 2.24) is 0 Å². The summed E-state index contributed by atoms with van der Waals surface area (Å²) in [5, 5.41) is -0.316. The molecule has 0 aliphatic rings. The Hall–Kier alpha value is -0.820. The number of hydrogen-bond donors (Lipinski definition) is 0. The van der Waals surface area contributed by atoms with Gasteiger partial charge in [0.05, 0.1) is 0 Å². The SMILES string of the molecule is CCCCCCCCCCCCc1cc(CCCCCCCCCCCC)cc(C(=O)Cl)c1. The molecule has 1 nitrogen and oxygen atoms in total. The van der Waals surface area contributed by atoms with Crippen molar-refractivity contribution in [1.29, 1.82) is 0 Å². The van der Waals surface area contributed by atoms with Crippen LogP contribution in [-0.4, -0.2) is 5.24 Å². The molecule has 0 aromatic heterocycles. The number of hydrogen-bond acceptors (Lipinski definition) is 1. The van der Waals surface area contributed by atoms with Crippen molar-refractivity contribution in [3.05, 3.63) is 34.9 Å². The van der Waals surface area contributed by atoms with Crippen LogP contribution in [0.4, 0.5) is 0 Å². The summed E-state index contributed by atoms with van der Waals surface area (Å²) in [6.45, 7) is 4.56. The lowest BCUT2D eigenvalue weighted by molar-refractivity contribution is 0.108. The minimum atomic E-state index is -0.316. The molecule has 0 saturated heterocycles. The third kappa shape index (κ3) is 17.3. The molecule has 1 aromatic rings. The summed E-state index contributed by atoms with van der Waals surface area (Å²) in [6.07, 6.45) is 29.3. The molecular formula is C31H53ClO. The Balaban J connectivity index is 2.22. The van der Waals surface area contributed by atoms with Gasteiger partial charge >= 0.3 is 0 Å². The van der Waals surface area contributed by atoms with E-state index in [0.717, 1.165) is 12.8 Å². The number of carbonyl (C=O) groups is 1. The van der Waals surface area contributed by atoms with E-state index in [1.54, 1.807) is 0 Å². The summed E-state index contributed by atoms with van der Waals surface area (Å²) in [5.74, 6) is 0. The number of benzene rings is 1. The highest BCUT2D eigenvalue weighted by Gasteiger charge is 2.07. The quantitative estimate of drug-likeness (QED) is 0.113. The van der Waals surface area contributed by atoms with Crippen molar-refractivity contribution in [2.45, 2.75) is 155 Å². The molecule has 0 N–H and O–H groups in total. The second kappa shape index (κ2) is 21.7. The van der Waals surface area contributed by atoms with Gasteiger partial charge in [-0.2, -0.15) is 0 Å². The maximum absolute atomic E-state index is 11.8. The fraction of sp³-hybridized carbons (Fsp3) is 0.774. The van der Waals surface area contributed by atoms with Gasteiger partial charge in [-0.05, 0) is 60.5 Å². The fourth-order valence-corrected chi connectivity index (χ4v) is 4.91. The van der Waals surface area contributed by atoms with Crippen LogP contribution in [0.25, 0.3) is 0 Å². The van der Waals surface area contributed by atoms with Crippen LogP contribution in [0.5, 0.6) is 0 Å². The Bertz CT molecular complexity index is 552. The molecule has 2 heteroatoms. The summed E-state index contributed by atoms with van der Waals surface area (Å²) in [7, 11) is 0. The summed E-state index contributed by atoms with van der Waals surface area (Å²) >= 11 is 5.84. The van der Waals surface area contributed by atoms with Crippen molar-refractivity contribution < 1.29 is 4.79 Å². The second-order valence-corrected chi connectivity index (χ2v) is 10.5. The van der Waals surface area contributed by atoms with Gasteiger partial charge in [0.15, 0.2) is 0 Å². The summed E-state index contributed by atoms with van der Waals surface area (Å²) < 4.78 is 0. The van der Waals surface area contributed by atoms with Crippen molar-refractivity contribution in [2.75, 3.05) is 0 Å². The lowest BCUT2D eigenvalue weighted by atomic mass is 9.97. The lowest BCUT2D eigenvalue weighted by Crippen LogP contribution is -1.97. The van der Waals surface area contributed by atoms with Crippen LogP contribution in [0.15, 0.2) is 18.2 Å². The monoisotopic (exact) mass is 476 g/mol. The highest BCUT2D eigenvalue weighted by molar-refractivity contribution is 6.67. The molecule has 0 bridgehead atoms. The molecule has 0 spiro atoms. The van der Waals surface area contributed by atoms with Gasteiger partial charge < -0.3 is 0 Å². The van der Waals surface area contributed by atoms with E-state index in [2.05, 4.69) is 19.9 Å². The molecule has 0 radical (unpaired) electrons. The third-order valence-corrected chi connectivity index (χ3v) is 7.14. The van der Waals surface area contributed by atoms with Gasteiger partial charge in [-0.1, -0.05) is 135 Å². The zero-order valence-electron chi connectivity index (χ0n) is 22.1. The zero-order valence-corrected chi connectivity index (χ0v) is 22.8. The van der Waals surface area contributed by atoms with E-state index in [9.17, 15) is 4.79 Å². The first kappa shape index (κ1) is 30.2. The molecule has 0 unspecified atom stereocenters. The van der Waals surface area contributed by atoms with Gasteiger partial charge in [0, 0.05) is 5.56 Å². The Morgan fingerprint density at radius 2 is 0.818 bits per heavy atom. The largest absolute Gasteiger partial charge is 0.276 e. The average molecular weight is 477 g/mol. The Morgan fingerprint density at radius 3 is 1.12 bits per heavy atom. The fourth-order valence-electron chi connectivity index (χ4n) is 4.80. The molecule has 0 saturated carbocycles. The number of aryl methyl sites for hydroxylation is 2. The minimum Gasteiger partial charge on any atom is -0.276 e. The van der Waals surface area contributed by atoms with Crippen molar-refractivity contribution in [3.8, 4) is 0 Å². The van der Waals surface area contributed by atoms with Crippen LogP contribution in [0, 0.1) is 0 Å². The van der Waals surface area contributed by atoms with Crippen LogP contribution in [0.2, 0.25) is 0 Å². The van der Waals surface area contributed by atoms with Gasteiger partial charge in [-0.15, -0.1) is 0 Å². The topological polar surface area (TPSA) is 17.1 Å².